The van der Waals surface area contributed by atoms with Gasteiger partial charge < -0.3 is 20.6 Å². The molecule has 2 aliphatic carbocycles. The Kier molecular flexibility index (Phi) is 6.24. The van der Waals surface area contributed by atoms with Gasteiger partial charge in [0.2, 0.25) is 0 Å². The van der Waals surface area contributed by atoms with E-state index in [0.717, 1.165) is 19.3 Å². The molecule has 4 N–H and O–H groups in total. The smallest absolute Gasteiger partial charge is 0.157 e. The summed E-state index contributed by atoms with van der Waals surface area (Å²) in [5.41, 5.74) is -0.823. The van der Waals surface area contributed by atoms with E-state index < -0.39 is 36.2 Å². The fourth-order valence-corrected chi connectivity index (χ4v) is 4.72. The van der Waals surface area contributed by atoms with Gasteiger partial charge in [0.15, 0.2) is 5.78 Å². The molecule has 0 saturated heterocycles. The van der Waals surface area contributed by atoms with Crippen LogP contribution >= 0.6 is 0 Å². The van der Waals surface area contributed by atoms with Gasteiger partial charge in [-0.05, 0) is 44.6 Å². The third-order valence-electron chi connectivity index (χ3n) is 6.58. The number of likely N-dealkylation sites (N-methyl/N-ethyl adjacent to an activating group) is 1. The molecule has 0 bridgehead atoms. The Hall–Kier alpha value is -0.750. The minimum absolute atomic E-state index is 0.121. The van der Waals surface area contributed by atoms with Crippen molar-refractivity contribution in [2.45, 2.75) is 58.3 Å². The Morgan fingerprint density at radius 1 is 1.38 bits per heavy atom. The highest BCUT2D eigenvalue weighted by atomic mass is 16.3. The summed E-state index contributed by atoms with van der Waals surface area (Å²) in [6.45, 7) is 5.42. The van der Waals surface area contributed by atoms with Crippen LogP contribution in [0.3, 0.4) is 0 Å². The SMILES string of the molecule is CNC(C)C(=O)C(CO)[C@H](O)[C@@]1(C)C2CC[C@H](C)C[C@H]2C=C[C@@H]1O. The van der Waals surface area contributed by atoms with Crippen molar-refractivity contribution in [2.24, 2.45) is 29.1 Å². The molecule has 2 aliphatic rings. The number of carbonyl (C=O) groups is 1. The summed E-state index contributed by atoms with van der Waals surface area (Å²) in [4.78, 5) is 12.6. The Bertz CT molecular complexity index is 480. The summed E-state index contributed by atoms with van der Waals surface area (Å²) >= 11 is 0. The lowest BCUT2D eigenvalue weighted by molar-refractivity contribution is -0.152. The van der Waals surface area contributed by atoms with Gasteiger partial charge in [-0.3, -0.25) is 4.79 Å². The van der Waals surface area contributed by atoms with E-state index in [9.17, 15) is 20.1 Å². The van der Waals surface area contributed by atoms with Crippen molar-refractivity contribution in [1.82, 2.24) is 5.32 Å². The second-order valence-electron chi connectivity index (χ2n) is 8.03. The first-order valence-corrected chi connectivity index (χ1v) is 9.13. The quantitative estimate of drug-likeness (QED) is 0.545. The molecule has 0 aliphatic heterocycles. The monoisotopic (exact) mass is 339 g/mol. The molecule has 0 spiro atoms. The van der Waals surface area contributed by atoms with Crippen LogP contribution in [0.2, 0.25) is 0 Å². The zero-order valence-corrected chi connectivity index (χ0v) is 15.3. The number of Topliss-reactive ketones (excluding diaryl/α,β-unsaturated/α-hetero) is 1. The molecule has 8 atom stereocenters. The van der Waals surface area contributed by atoms with E-state index in [1.807, 2.05) is 6.92 Å². The average Bonchev–Trinajstić information content (AvgIpc) is 2.57. The molecule has 24 heavy (non-hydrogen) atoms. The number of allylic oxidation sites excluding steroid dienone is 1. The first-order chi connectivity index (χ1) is 11.3. The molecule has 138 valence electrons. The first-order valence-electron chi connectivity index (χ1n) is 9.13. The molecular formula is C19H33NO4. The number of aliphatic hydroxyl groups excluding tert-OH is 3. The minimum atomic E-state index is -1.08. The second kappa shape index (κ2) is 7.65. The summed E-state index contributed by atoms with van der Waals surface area (Å²) in [6, 6.07) is -0.446. The van der Waals surface area contributed by atoms with E-state index >= 15 is 0 Å². The van der Waals surface area contributed by atoms with Gasteiger partial charge in [-0.2, -0.15) is 0 Å². The van der Waals surface area contributed by atoms with E-state index in [2.05, 4.69) is 18.3 Å². The minimum Gasteiger partial charge on any atom is -0.396 e. The number of carbonyl (C=O) groups excluding carboxylic acids is 1. The van der Waals surface area contributed by atoms with Gasteiger partial charge in [-0.15, -0.1) is 0 Å². The maximum atomic E-state index is 12.6. The molecule has 1 saturated carbocycles. The molecule has 3 unspecified atom stereocenters. The number of hydrogen-bond donors (Lipinski definition) is 4. The van der Waals surface area contributed by atoms with Gasteiger partial charge >= 0.3 is 0 Å². The third-order valence-corrected chi connectivity index (χ3v) is 6.58. The van der Waals surface area contributed by atoms with Gasteiger partial charge in [0, 0.05) is 5.41 Å². The van der Waals surface area contributed by atoms with Crippen LogP contribution < -0.4 is 5.32 Å². The maximum absolute atomic E-state index is 12.6. The molecule has 5 heteroatoms. The summed E-state index contributed by atoms with van der Waals surface area (Å²) in [7, 11) is 1.68. The maximum Gasteiger partial charge on any atom is 0.157 e. The van der Waals surface area contributed by atoms with Crippen LogP contribution in [-0.4, -0.2) is 53.0 Å². The average molecular weight is 339 g/mol. The molecule has 0 amide bonds. The summed E-state index contributed by atoms with van der Waals surface area (Å²) in [5, 5.41) is 34.4. The van der Waals surface area contributed by atoms with Crippen LogP contribution in [0.5, 0.6) is 0 Å². The van der Waals surface area contributed by atoms with Crippen LogP contribution in [0.25, 0.3) is 0 Å². The van der Waals surface area contributed by atoms with Crippen LogP contribution in [0, 0.1) is 29.1 Å². The fourth-order valence-electron chi connectivity index (χ4n) is 4.72. The van der Waals surface area contributed by atoms with Gasteiger partial charge in [-0.25, -0.2) is 0 Å². The number of hydrogen-bond acceptors (Lipinski definition) is 5. The molecule has 0 radical (unpaired) electrons. The van der Waals surface area contributed by atoms with Crippen LogP contribution in [0.15, 0.2) is 12.2 Å². The Labute approximate surface area is 145 Å². The Morgan fingerprint density at radius 3 is 2.62 bits per heavy atom. The van der Waals surface area contributed by atoms with Crippen molar-refractivity contribution in [2.75, 3.05) is 13.7 Å². The molecule has 0 aromatic heterocycles. The van der Waals surface area contributed by atoms with Gasteiger partial charge in [0.1, 0.15) is 0 Å². The van der Waals surface area contributed by atoms with Crippen molar-refractivity contribution in [1.29, 1.82) is 0 Å². The number of fused-ring (bicyclic) bond motifs is 1. The lowest BCUT2D eigenvalue weighted by Gasteiger charge is -2.53. The van der Waals surface area contributed by atoms with E-state index in [4.69, 9.17) is 0 Å². The standard InChI is InChI=1S/C19H33NO4/c1-11-5-7-15-13(9-11)6-8-16(22)19(15,3)18(24)14(10-21)17(23)12(2)20-4/h6,8,11-16,18,20-22,24H,5,7,9-10H2,1-4H3/t11-,12?,13+,14?,15?,16-,18-,19-/m0/s1. The van der Waals surface area contributed by atoms with Gasteiger partial charge in [-0.1, -0.05) is 32.4 Å². The second-order valence-corrected chi connectivity index (χ2v) is 8.03. The van der Waals surface area contributed by atoms with Gasteiger partial charge in [0.05, 0.1) is 30.8 Å². The molecule has 0 aromatic rings. The van der Waals surface area contributed by atoms with Crippen molar-refractivity contribution >= 4 is 5.78 Å². The Morgan fingerprint density at radius 2 is 2.04 bits per heavy atom. The molecular weight excluding hydrogens is 306 g/mol. The van der Waals surface area contributed by atoms with E-state index in [0.29, 0.717) is 11.8 Å². The number of aliphatic hydroxyl groups is 3. The van der Waals surface area contributed by atoms with Crippen molar-refractivity contribution in [3.63, 3.8) is 0 Å². The largest absolute Gasteiger partial charge is 0.396 e. The highest BCUT2D eigenvalue weighted by molar-refractivity contribution is 5.86. The molecule has 0 heterocycles. The lowest BCUT2D eigenvalue weighted by Crippen LogP contribution is -2.58. The van der Waals surface area contributed by atoms with Crippen molar-refractivity contribution in [3.8, 4) is 0 Å². The molecule has 0 aromatic carbocycles. The predicted octanol–water partition coefficient (Wildman–Crippen LogP) is 1.12. The van der Waals surface area contributed by atoms with Crippen molar-refractivity contribution < 1.29 is 20.1 Å². The normalized spacial score (nSPS) is 39.8. The number of rotatable bonds is 6. The molecule has 5 nitrogen and oxygen atoms in total. The molecule has 2 rings (SSSR count). The zero-order valence-electron chi connectivity index (χ0n) is 15.3. The number of ketones is 1. The van der Waals surface area contributed by atoms with E-state index in [-0.39, 0.29) is 11.7 Å². The van der Waals surface area contributed by atoms with Crippen molar-refractivity contribution in [3.05, 3.63) is 12.2 Å². The third kappa shape index (κ3) is 3.32. The fraction of sp³-hybridized carbons (Fsp3) is 0.842. The van der Waals surface area contributed by atoms with Crippen LogP contribution in [0.4, 0.5) is 0 Å². The highest BCUT2D eigenvalue weighted by Crippen LogP contribution is 2.52. The molecule has 1 fully saturated rings. The topological polar surface area (TPSA) is 89.8 Å². The number of nitrogens with one attached hydrogen (secondary N) is 1. The van der Waals surface area contributed by atoms with Gasteiger partial charge in [0.25, 0.3) is 0 Å². The predicted molar refractivity (Wildman–Crippen MR) is 93.4 cm³/mol. The zero-order chi connectivity index (χ0) is 18.1. The van der Waals surface area contributed by atoms with E-state index in [1.54, 1.807) is 20.0 Å². The van der Waals surface area contributed by atoms with E-state index in [1.165, 1.54) is 0 Å². The summed E-state index contributed by atoms with van der Waals surface area (Å²) in [6.07, 6.45) is 4.99. The highest BCUT2D eigenvalue weighted by Gasteiger charge is 2.54. The summed E-state index contributed by atoms with van der Waals surface area (Å²) in [5.74, 6) is -0.0367. The van der Waals surface area contributed by atoms with Crippen LogP contribution in [0.1, 0.15) is 40.0 Å². The first kappa shape index (κ1) is 19.6. The van der Waals surface area contributed by atoms with Crippen LogP contribution in [-0.2, 0) is 4.79 Å². The lowest BCUT2D eigenvalue weighted by atomic mass is 9.54. The summed E-state index contributed by atoms with van der Waals surface area (Å²) < 4.78 is 0. The Balaban J connectivity index is 2.31.